The third-order valence-corrected chi connectivity index (χ3v) is 4.80. The van der Waals surface area contributed by atoms with E-state index in [4.69, 9.17) is 4.52 Å². The first-order valence-electron chi connectivity index (χ1n) is 9.74. The van der Waals surface area contributed by atoms with Crippen molar-refractivity contribution < 1.29 is 9.32 Å². The van der Waals surface area contributed by atoms with Crippen molar-refractivity contribution in [3.63, 3.8) is 0 Å². The molecule has 0 aliphatic carbocycles. The molecule has 152 valence electrons. The summed E-state index contributed by atoms with van der Waals surface area (Å²) in [7, 11) is 0. The summed E-state index contributed by atoms with van der Waals surface area (Å²) in [6.07, 6.45) is 5.26. The number of rotatable bonds is 5. The van der Waals surface area contributed by atoms with Gasteiger partial charge in [-0.15, -0.1) is 0 Å². The first kappa shape index (κ1) is 18.7. The molecule has 0 fully saturated rings. The van der Waals surface area contributed by atoms with Crippen molar-refractivity contribution in [1.29, 1.82) is 0 Å². The molecule has 31 heavy (non-hydrogen) atoms. The maximum absolute atomic E-state index is 12.4. The first-order chi connectivity index (χ1) is 15.2. The van der Waals surface area contributed by atoms with E-state index in [1.54, 1.807) is 24.7 Å². The van der Waals surface area contributed by atoms with E-state index >= 15 is 0 Å². The Morgan fingerprint density at radius 2 is 1.94 bits per heavy atom. The second kappa shape index (κ2) is 7.83. The largest absolute Gasteiger partial charge is 0.361 e. The predicted octanol–water partition coefficient (Wildman–Crippen LogP) is 4.16. The number of anilines is 1. The zero-order valence-corrected chi connectivity index (χ0v) is 16.7. The van der Waals surface area contributed by atoms with Gasteiger partial charge < -0.3 is 14.8 Å². The molecule has 2 N–H and O–H groups in total. The van der Waals surface area contributed by atoms with E-state index in [0.29, 0.717) is 11.6 Å². The fraction of sp³-hybridized carbons (Fsp3) is 0.0870. The van der Waals surface area contributed by atoms with E-state index in [9.17, 15) is 4.79 Å². The zero-order valence-electron chi connectivity index (χ0n) is 16.7. The second-order valence-corrected chi connectivity index (χ2v) is 7.08. The molecule has 0 saturated carbocycles. The molecular formula is C23H18N6O2. The zero-order chi connectivity index (χ0) is 21.2. The van der Waals surface area contributed by atoms with Crippen molar-refractivity contribution in [2.75, 3.05) is 5.32 Å². The highest BCUT2D eigenvalue weighted by atomic mass is 16.5. The summed E-state index contributed by atoms with van der Waals surface area (Å²) in [5, 5.41) is 6.62. The van der Waals surface area contributed by atoms with Gasteiger partial charge in [0.15, 0.2) is 0 Å². The van der Waals surface area contributed by atoms with Gasteiger partial charge in [0.2, 0.25) is 5.91 Å². The van der Waals surface area contributed by atoms with Crippen LogP contribution in [0.2, 0.25) is 0 Å². The summed E-state index contributed by atoms with van der Waals surface area (Å²) in [6, 6.07) is 15.1. The topological polar surface area (TPSA) is 110 Å². The molecule has 0 aliphatic rings. The lowest BCUT2D eigenvalue weighted by Crippen LogP contribution is -2.15. The fourth-order valence-electron chi connectivity index (χ4n) is 3.50. The molecular weight excluding hydrogens is 392 g/mol. The first-order valence-corrected chi connectivity index (χ1v) is 9.74. The van der Waals surface area contributed by atoms with Crippen LogP contribution < -0.4 is 5.32 Å². The average molecular weight is 410 g/mol. The Kier molecular flexibility index (Phi) is 4.72. The van der Waals surface area contributed by atoms with Crippen LogP contribution in [0.5, 0.6) is 0 Å². The second-order valence-electron chi connectivity index (χ2n) is 7.08. The van der Waals surface area contributed by atoms with Crippen molar-refractivity contribution in [2.45, 2.75) is 13.3 Å². The molecule has 0 spiro atoms. The normalized spacial score (nSPS) is 11.0. The van der Waals surface area contributed by atoms with Gasteiger partial charge in [0.05, 0.1) is 40.1 Å². The molecule has 5 rings (SSSR count). The van der Waals surface area contributed by atoms with Crippen molar-refractivity contribution in [3.05, 3.63) is 78.6 Å². The average Bonchev–Trinajstić information content (AvgIpc) is 3.37. The van der Waals surface area contributed by atoms with Crippen molar-refractivity contribution in [2.24, 2.45) is 0 Å². The Balaban J connectivity index is 1.50. The van der Waals surface area contributed by atoms with Crippen LogP contribution in [0.3, 0.4) is 0 Å². The minimum atomic E-state index is -0.232. The highest BCUT2D eigenvalue weighted by Gasteiger charge is 2.18. The number of fused-ring (bicyclic) bond motifs is 1. The van der Waals surface area contributed by atoms with Gasteiger partial charge in [-0.2, -0.15) is 0 Å². The lowest BCUT2D eigenvalue weighted by Gasteiger charge is -2.07. The summed E-state index contributed by atoms with van der Waals surface area (Å²) in [4.78, 5) is 29.2. The number of carbonyl (C=O) groups is 1. The number of H-pyrrole nitrogens is 1. The van der Waals surface area contributed by atoms with Crippen LogP contribution in [0.15, 0.2) is 71.6 Å². The highest BCUT2D eigenvalue weighted by molar-refractivity contribution is 6.01. The molecule has 0 saturated heterocycles. The summed E-state index contributed by atoms with van der Waals surface area (Å²) >= 11 is 0. The van der Waals surface area contributed by atoms with Crippen molar-refractivity contribution in [3.8, 4) is 22.5 Å². The Labute approximate surface area is 177 Å². The molecule has 1 amide bonds. The number of nitrogens with zero attached hydrogens (tertiary/aromatic N) is 4. The Morgan fingerprint density at radius 1 is 1.03 bits per heavy atom. The summed E-state index contributed by atoms with van der Waals surface area (Å²) in [5.74, 6) is 0.715. The molecule has 0 atom stereocenters. The molecule has 5 heterocycles. The van der Waals surface area contributed by atoms with Crippen LogP contribution >= 0.6 is 0 Å². The highest BCUT2D eigenvalue weighted by Crippen LogP contribution is 2.36. The molecule has 0 radical (unpaired) electrons. The van der Waals surface area contributed by atoms with Crippen LogP contribution in [-0.4, -0.2) is 31.0 Å². The number of aromatic nitrogens is 5. The molecule has 5 aromatic rings. The number of aryl methyl sites for hydroxylation is 1. The maximum atomic E-state index is 12.4. The van der Waals surface area contributed by atoms with E-state index in [1.165, 1.54) is 0 Å². The van der Waals surface area contributed by atoms with Crippen LogP contribution in [-0.2, 0) is 11.2 Å². The minimum Gasteiger partial charge on any atom is -0.361 e. The van der Waals surface area contributed by atoms with Gasteiger partial charge in [0.1, 0.15) is 11.6 Å². The van der Waals surface area contributed by atoms with Gasteiger partial charge in [-0.3, -0.25) is 14.8 Å². The number of aromatic amines is 1. The Morgan fingerprint density at radius 3 is 2.74 bits per heavy atom. The van der Waals surface area contributed by atoms with Crippen molar-refractivity contribution >= 4 is 22.8 Å². The molecule has 0 unspecified atom stereocenters. The molecule has 0 aromatic carbocycles. The van der Waals surface area contributed by atoms with Crippen LogP contribution in [0.4, 0.5) is 5.82 Å². The molecule has 5 aromatic heterocycles. The van der Waals surface area contributed by atoms with Crippen LogP contribution in [0.1, 0.15) is 11.5 Å². The van der Waals surface area contributed by atoms with E-state index < -0.39 is 0 Å². The van der Waals surface area contributed by atoms with Gasteiger partial charge in [-0.1, -0.05) is 11.2 Å². The third-order valence-electron chi connectivity index (χ3n) is 4.80. The monoisotopic (exact) mass is 410 g/mol. The van der Waals surface area contributed by atoms with Gasteiger partial charge in [0.25, 0.3) is 0 Å². The number of carbonyl (C=O) groups excluding carboxylic acids is 1. The lowest BCUT2D eigenvalue weighted by atomic mass is 10.0. The lowest BCUT2D eigenvalue weighted by molar-refractivity contribution is -0.115. The summed E-state index contributed by atoms with van der Waals surface area (Å²) in [6.45, 7) is 1.81. The standard InChI is InChI=1S/C23H18N6O2/c1-14-11-16(31-29-14)13-20(30)28-19-12-15(7-10-25-19)22-21(17-5-2-3-8-24-17)23-18(27-22)6-4-9-26-23/h2-12,27H,13H2,1H3,(H,25,28,30). The predicted molar refractivity (Wildman–Crippen MR) is 116 cm³/mol. The summed E-state index contributed by atoms with van der Waals surface area (Å²) < 4.78 is 5.11. The molecule has 0 bridgehead atoms. The van der Waals surface area contributed by atoms with Gasteiger partial charge >= 0.3 is 0 Å². The Hall–Kier alpha value is -4.33. The van der Waals surface area contributed by atoms with Gasteiger partial charge in [-0.05, 0) is 43.3 Å². The number of pyridine rings is 3. The number of nitrogens with one attached hydrogen (secondary N) is 2. The molecule has 0 aliphatic heterocycles. The SMILES string of the molecule is Cc1cc(CC(=O)Nc2cc(-c3[nH]c4cccnc4c3-c3ccccn3)ccn2)on1. The smallest absolute Gasteiger partial charge is 0.233 e. The third kappa shape index (κ3) is 3.78. The van der Waals surface area contributed by atoms with E-state index in [0.717, 1.165) is 39.2 Å². The fourth-order valence-corrected chi connectivity index (χ4v) is 3.50. The number of hydrogen-bond donors (Lipinski definition) is 2. The summed E-state index contributed by atoms with van der Waals surface area (Å²) in [5.41, 5.74) is 5.90. The van der Waals surface area contributed by atoms with E-state index in [-0.39, 0.29) is 12.3 Å². The van der Waals surface area contributed by atoms with Crippen LogP contribution in [0, 0.1) is 6.92 Å². The van der Waals surface area contributed by atoms with Crippen molar-refractivity contribution in [1.82, 2.24) is 25.1 Å². The van der Waals surface area contributed by atoms with Crippen LogP contribution in [0.25, 0.3) is 33.5 Å². The quantitative estimate of drug-likeness (QED) is 0.450. The molecule has 8 heteroatoms. The minimum absolute atomic E-state index is 0.0856. The van der Waals surface area contributed by atoms with E-state index in [2.05, 4.69) is 30.4 Å². The van der Waals surface area contributed by atoms with Gasteiger partial charge in [-0.25, -0.2) is 4.98 Å². The molecule has 8 nitrogen and oxygen atoms in total. The van der Waals surface area contributed by atoms with Gasteiger partial charge in [0, 0.05) is 30.2 Å². The number of hydrogen-bond acceptors (Lipinski definition) is 6. The Bertz CT molecular complexity index is 1370. The number of amides is 1. The van der Waals surface area contributed by atoms with E-state index in [1.807, 2.05) is 49.4 Å². The maximum Gasteiger partial charge on any atom is 0.233 e.